The molecule has 0 atom stereocenters. The number of carbonyl (C=O) groups is 1. The Morgan fingerprint density at radius 1 is 1.16 bits per heavy atom. The van der Waals surface area contributed by atoms with Crippen LogP contribution in [0.4, 0.5) is 0 Å². The number of hydrogen-bond donors (Lipinski definition) is 4. The Morgan fingerprint density at radius 3 is 2.11 bits per heavy atom. The molecular formula is C9H23Li2N2O4PS. The van der Waals surface area contributed by atoms with Crippen LogP contribution in [0, 0.1) is 5.41 Å². The second-order valence-electron chi connectivity index (χ2n) is 4.58. The van der Waals surface area contributed by atoms with Crippen LogP contribution >= 0.6 is 18.2 Å². The second kappa shape index (κ2) is 11.7. The molecule has 10 heteroatoms. The summed E-state index contributed by atoms with van der Waals surface area (Å²) in [4.78, 5) is 28.6. The molecule has 0 spiro atoms. The van der Waals surface area contributed by atoms with Crippen LogP contribution in [-0.2, 0) is 9.36 Å². The predicted molar refractivity (Wildman–Crippen MR) is 84.1 cm³/mol. The topological polar surface area (TPSA) is 98.7 Å². The fourth-order valence-electron chi connectivity index (χ4n) is 0.891. The van der Waals surface area contributed by atoms with Gasteiger partial charge in [-0.15, -0.1) is 0 Å². The Kier molecular flexibility index (Phi) is 15.5. The molecule has 0 unspecified atom stereocenters. The maximum atomic E-state index is 11.4. The van der Waals surface area contributed by atoms with Crippen LogP contribution in [0.1, 0.15) is 20.8 Å². The molecule has 0 rings (SSSR count). The molecule has 0 saturated heterocycles. The van der Waals surface area contributed by atoms with Crippen molar-refractivity contribution >= 4 is 61.8 Å². The first-order valence-electron chi connectivity index (χ1n) is 5.32. The van der Waals surface area contributed by atoms with E-state index in [1.54, 1.807) is 0 Å². The summed E-state index contributed by atoms with van der Waals surface area (Å²) < 4.78 is 10.5. The monoisotopic (exact) mass is 300 g/mol. The van der Waals surface area contributed by atoms with Crippen molar-refractivity contribution in [2.45, 2.75) is 20.8 Å². The molecule has 0 aromatic heterocycles. The average Bonchev–Trinajstić information content (AvgIpc) is 2.12. The van der Waals surface area contributed by atoms with Crippen molar-refractivity contribution in [2.24, 2.45) is 5.41 Å². The summed E-state index contributed by atoms with van der Waals surface area (Å²) in [6.45, 7) is 3.17. The van der Waals surface area contributed by atoms with E-state index < -0.39 is 12.2 Å². The van der Waals surface area contributed by atoms with Crippen molar-refractivity contribution in [3.05, 3.63) is 0 Å². The molecule has 0 aliphatic rings. The summed E-state index contributed by atoms with van der Waals surface area (Å²) in [5, 5.41) is 5.75. The summed E-state index contributed by atoms with van der Waals surface area (Å²) in [5.41, 5.74) is -0.393. The fraction of sp³-hybridized carbons (Fsp3) is 0.889. The van der Waals surface area contributed by atoms with Gasteiger partial charge in [0.2, 0.25) is 5.91 Å². The van der Waals surface area contributed by atoms with Crippen LogP contribution in [0.5, 0.6) is 0 Å². The molecule has 0 bridgehead atoms. The zero-order valence-electron chi connectivity index (χ0n) is 10.4. The Bertz CT molecular complexity index is 296. The first-order valence-corrected chi connectivity index (χ1v) is 8.52. The van der Waals surface area contributed by atoms with Crippen LogP contribution in [-0.4, -0.2) is 78.8 Å². The van der Waals surface area contributed by atoms with E-state index in [0.29, 0.717) is 36.8 Å². The Balaban J connectivity index is -0.00000128. The summed E-state index contributed by atoms with van der Waals surface area (Å²) >= 11 is 0.619. The van der Waals surface area contributed by atoms with Gasteiger partial charge in [-0.2, -0.15) is 0 Å². The first kappa shape index (κ1) is 25.1. The summed E-state index contributed by atoms with van der Waals surface area (Å²) in [6.07, 6.45) is 0. The third-order valence-corrected chi connectivity index (χ3v) is 4.09. The molecule has 106 valence electrons. The molecule has 0 heterocycles. The third kappa shape index (κ3) is 17.1. The maximum absolute atomic E-state index is 11.4. The van der Waals surface area contributed by atoms with E-state index >= 15 is 0 Å². The van der Waals surface area contributed by atoms with Gasteiger partial charge in [0, 0.05) is 30.8 Å². The van der Waals surface area contributed by atoms with Crippen LogP contribution in [0.2, 0.25) is 0 Å². The standard InChI is InChI=1S/C9H21N2O4PS.2Li.2H/c1-9(2,3)8(12)11-5-4-10-6-7-17-16(13,14)15;;;;/h10H,4-7H2,1-3H3,(H,11,12)(H2,13,14,15);;;;. The van der Waals surface area contributed by atoms with Gasteiger partial charge in [-0.25, -0.2) is 4.57 Å². The molecule has 0 radical (unpaired) electrons. The number of nitrogens with one attached hydrogen (secondary N) is 2. The van der Waals surface area contributed by atoms with E-state index in [2.05, 4.69) is 10.6 Å². The zero-order chi connectivity index (χ0) is 13.5. The van der Waals surface area contributed by atoms with E-state index in [0.717, 1.165) is 0 Å². The van der Waals surface area contributed by atoms with E-state index in [-0.39, 0.29) is 43.6 Å². The molecule has 19 heavy (non-hydrogen) atoms. The quantitative estimate of drug-likeness (QED) is 0.281. The Labute approximate surface area is 142 Å². The van der Waals surface area contributed by atoms with E-state index in [9.17, 15) is 9.36 Å². The van der Waals surface area contributed by atoms with Gasteiger partial charge >= 0.3 is 44.5 Å². The van der Waals surface area contributed by atoms with Gasteiger partial charge in [-0.05, 0) is 11.4 Å². The van der Waals surface area contributed by atoms with Gasteiger partial charge in [-0.3, -0.25) is 4.79 Å². The Hall–Kier alpha value is 1.12. The van der Waals surface area contributed by atoms with Crippen molar-refractivity contribution in [1.29, 1.82) is 0 Å². The minimum absolute atomic E-state index is 0. The third-order valence-electron chi connectivity index (χ3n) is 1.81. The van der Waals surface area contributed by atoms with E-state index in [4.69, 9.17) is 9.79 Å². The minimum atomic E-state index is -3.95. The van der Waals surface area contributed by atoms with Crippen molar-refractivity contribution in [3.8, 4) is 0 Å². The Morgan fingerprint density at radius 2 is 1.68 bits per heavy atom. The van der Waals surface area contributed by atoms with Gasteiger partial charge in [0.15, 0.2) is 0 Å². The summed E-state index contributed by atoms with van der Waals surface area (Å²) in [6, 6.07) is 0. The van der Waals surface area contributed by atoms with Gasteiger partial charge in [-0.1, -0.05) is 20.8 Å². The van der Waals surface area contributed by atoms with Crippen molar-refractivity contribution in [3.63, 3.8) is 0 Å². The molecule has 0 aromatic carbocycles. The molecule has 0 aromatic rings. The van der Waals surface area contributed by atoms with Gasteiger partial charge in [0.05, 0.1) is 0 Å². The number of hydrogen-bond acceptors (Lipinski definition) is 4. The van der Waals surface area contributed by atoms with Crippen molar-refractivity contribution < 1.29 is 19.1 Å². The summed E-state index contributed by atoms with van der Waals surface area (Å²) in [5.74, 6) is 0.334. The van der Waals surface area contributed by atoms with Gasteiger partial charge in [0.1, 0.15) is 0 Å². The molecular weight excluding hydrogens is 277 g/mol. The SMILES string of the molecule is CC(C)(C)C(=O)NCCNCCSP(=O)(O)O.[LiH].[LiH]. The van der Waals surface area contributed by atoms with E-state index in [1.165, 1.54) is 0 Å². The second-order valence-corrected chi connectivity index (χ2v) is 8.43. The molecule has 0 fully saturated rings. The fourth-order valence-corrected chi connectivity index (χ4v) is 2.35. The van der Waals surface area contributed by atoms with Crippen LogP contribution in [0.15, 0.2) is 0 Å². The first-order chi connectivity index (χ1) is 7.63. The van der Waals surface area contributed by atoms with Gasteiger partial charge in [0.25, 0.3) is 0 Å². The average molecular weight is 300 g/mol. The summed E-state index contributed by atoms with van der Waals surface area (Å²) in [7, 11) is 0. The molecule has 0 aliphatic carbocycles. The number of carbonyl (C=O) groups excluding carboxylic acids is 1. The zero-order valence-corrected chi connectivity index (χ0v) is 12.1. The molecule has 0 saturated carbocycles. The molecule has 1 amide bonds. The van der Waals surface area contributed by atoms with Gasteiger partial charge < -0.3 is 20.4 Å². The van der Waals surface area contributed by atoms with Crippen molar-refractivity contribution in [1.82, 2.24) is 10.6 Å². The van der Waals surface area contributed by atoms with Crippen LogP contribution < -0.4 is 10.6 Å². The van der Waals surface area contributed by atoms with Crippen LogP contribution in [0.25, 0.3) is 0 Å². The number of rotatable bonds is 7. The van der Waals surface area contributed by atoms with E-state index in [1.807, 2.05) is 20.8 Å². The number of amides is 1. The molecule has 4 N–H and O–H groups in total. The normalized spacial score (nSPS) is 11.2. The molecule has 0 aliphatic heterocycles. The van der Waals surface area contributed by atoms with Crippen LogP contribution in [0.3, 0.4) is 0 Å². The molecule has 6 nitrogen and oxygen atoms in total. The predicted octanol–water partition coefficient (Wildman–Crippen LogP) is -0.733. The van der Waals surface area contributed by atoms with Crippen molar-refractivity contribution in [2.75, 3.05) is 25.4 Å².